The summed E-state index contributed by atoms with van der Waals surface area (Å²) in [5.41, 5.74) is 3.88. The van der Waals surface area contributed by atoms with Crippen molar-refractivity contribution in [2.24, 2.45) is 0 Å². The van der Waals surface area contributed by atoms with Crippen molar-refractivity contribution in [1.29, 1.82) is 0 Å². The quantitative estimate of drug-likeness (QED) is 0.185. The number of benzene rings is 8. The maximum absolute atomic E-state index is 9.25. The second kappa shape index (κ2) is 9.66. The predicted molar refractivity (Wildman–Crippen MR) is 188 cm³/mol. The van der Waals surface area contributed by atoms with Gasteiger partial charge in [-0.2, -0.15) is 0 Å². The monoisotopic (exact) mass is 570 g/mol. The molecule has 0 fully saturated rings. The van der Waals surface area contributed by atoms with E-state index < -0.39 is 24.2 Å². The van der Waals surface area contributed by atoms with E-state index in [0.717, 1.165) is 27.3 Å². The smallest absolute Gasteiger partial charge is 0.0629 e. The van der Waals surface area contributed by atoms with Gasteiger partial charge in [-0.1, -0.05) is 139 Å². The lowest BCUT2D eigenvalue weighted by Gasteiger charge is -2.18. The van der Waals surface area contributed by atoms with Crippen LogP contribution in [0, 0.1) is 0 Å². The Bertz CT molecular complexity index is 2860. The minimum atomic E-state index is -0.411. The fraction of sp³-hybridized carbons (Fsp3) is 0. The normalized spacial score (nSPS) is 14.3. The summed E-state index contributed by atoms with van der Waals surface area (Å²) in [6.45, 7) is 0. The van der Waals surface area contributed by atoms with E-state index in [1.54, 1.807) is 11.3 Å². The van der Waals surface area contributed by atoms with Crippen LogP contribution >= 0.6 is 11.3 Å². The molecule has 8 aromatic carbocycles. The van der Waals surface area contributed by atoms with E-state index in [-0.39, 0.29) is 45.7 Å². The Morgan fingerprint density at radius 2 is 0.977 bits per heavy atom. The molecular formula is C42H26S. The molecule has 0 bridgehead atoms. The van der Waals surface area contributed by atoms with Crippen molar-refractivity contribution < 1.29 is 11.0 Å². The topological polar surface area (TPSA) is 0 Å². The first kappa shape index (κ1) is 17.7. The minimum Gasteiger partial charge on any atom is -0.135 e. The van der Waals surface area contributed by atoms with Crippen molar-refractivity contribution in [3.8, 4) is 33.4 Å². The molecule has 0 aliphatic heterocycles. The summed E-state index contributed by atoms with van der Waals surface area (Å²) < 4.78 is 74.2. The summed E-state index contributed by atoms with van der Waals surface area (Å²) in [7, 11) is 0. The first-order valence-electron chi connectivity index (χ1n) is 18.1. The van der Waals surface area contributed by atoms with Crippen LogP contribution in [-0.2, 0) is 0 Å². The largest absolute Gasteiger partial charge is 0.135 e. The second-order valence-corrected chi connectivity index (χ2v) is 11.7. The maximum atomic E-state index is 9.25. The Balaban J connectivity index is 1.41. The van der Waals surface area contributed by atoms with Crippen LogP contribution in [0.15, 0.2) is 158 Å². The molecule has 0 nitrogen and oxygen atoms in total. The number of rotatable bonds is 3. The van der Waals surface area contributed by atoms with Gasteiger partial charge in [0.2, 0.25) is 0 Å². The average Bonchev–Trinajstić information content (AvgIpc) is 3.55. The highest BCUT2D eigenvalue weighted by molar-refractivity contribution is 7.25. The van der Waals surface area contributed by atoms with Gasteiger partial charge >= 0.3 is 0 Å². The highest BCUT2D eigenvalue weighted by Crippen LogP contribution is 2.45. The summed E-state index contributed by atoms with van der Waals surface area (Å²) in [5, 5.41) is 5.04. The molecule has 0 saturated heterocycles. The Hall–Kier alpha value is -5.24. The molecule has 0 N–H and O–H groups in total. The van der Waals surface area contributed by atoms with Crippen molar-refractivity contribution in [3.05, 3.63) is 158 Å². The van der Waals surface area contributed by atoms with E-state index in [2.05, 4.69) is 24.3 Å². The van der Waals surface area contributed by atoms with E-state index in [1.807, 2.05) is 84.9 Å². The van der Waals surface area contributed by atoms with Crippen LogP contribution < -0.4 is 0 Å². The molecule has 0 unspecified atom stereocenters. The van der Waals surface area contributed by atoms with Gasteiger partial charge in [-0.05, 0) is 83.9 Å². The zero-order chi connectivity index (χ0) is 35.3. The van der Waals surface area contributed by atoms with E-state index >= 15 is 0 Å². The van der Waals surface area contributed by atoms with E-state index in [4.69, 9.17) is 5.48 Å². The molecule has 1 heteroatoms. The van der Waals surface area contributed by atoms with Crippen LogP contribution in [0.3, 0.4) is 0 Å². The van der Waals surface area contributed by atoms with Crippen LogP contribution in [0.1, 0.15) is 11.0 Å². The molecule has 200 valence electrons. The highest BCUT2D eigenvalue weighted by Gasteiger charge is 2.17. The standard InChI is InChI=1S/C42H26S/c1-2-11-30-26-31(25-20-27(30)10-1)41-35-14-5-3-12-33(35)40(34-13-4-6-15-36(34)41)29-23-21-28(22-24-29)32-17-9-19-39-42(32)37-16-7-8-18-38(37)43-39/h1-26H/i3D,4D,5D,6D,12D,13D,14D,15D. The fourth-order valence-electron chi connectivity index (χ4n) is 6.38. The summed E-state index contributed by atoms with van der Waals surface area (Å²) >= 11 is 1.74. The molecule has 0 spiro atoms. The molecule has 0 atom stereocenters. The van der Waals surface area contributed by atoms with Crippen LogP contribution in [0.4, 0.5) is 0 Å². The molecule has 1 aromatic heterocycles. The Morgan fingerprint density at radius 3 is 1.70 bits per heavy atom. The number of hydrogen-bond donors (Lipinski definition) is 0. The van der Waals surface area contributed by atoms with E-state index in [9.17, 15) is 5.48 Å². The van der Waals surface area contributed by atoms with Crippen LogP contribution in [0.2, 0.25) is 0 Å². The third kappa shape index (κ3) is 3.82. The van der Waals surface area contributed by atoms with Crippen molar-refractivity contribution in [2.45, 2.75) is 0 Å². The van der Waals surface area contributed by atoms with Crippen LogP contribution in [-0.4, -0.2) is 0 Å². The average molecular weight is 571 g/mol. The molecule has 0 aliphatic carbocycles. The molecule has 1 heterocycles. The summed E-state index contributed by atoms with van der Waals surface area (Å²) in [5.74, 6) is 0. The molecule has 43 heavy (non-hydrogen) atoms. The first-order valence-corrected chi connectivity index (χ1v) is 14.9. The first-order chi connectivity index (χ1) is 24.7. The molecule has 0 saturated carbocycles. The van der Waals surface area contributed by atoms with Gasteiger partial charge in [-0.3, -0.25) is 0 Å². The summed E-state index contributed by atoms with van der Waals surface area (Å²) in [4.78, 5) is 0. The number of thiophene rings is 1. The Kier molecular flexibility index (Phi) is 3.97. The summed E-state index contributed by atoms with van der Waals surface area (Å²) in [6, 6.07) is 33.0. The van der Waals surface area contributed by atoms with Crippen molar-refractivity contribution in [2.75, 3.05) is 0 Å². The lowest BCUT2D eigenvalue weighted by Crippen LogP contribution is -1.91. The third-order valence-corrected chi connectivity index (χ3v) is 9.44. The van der Waals surface area contributed by atoms with Gasteiger partial charge in [0.15, 0.2) is 0 Å². The van der Waals surface area contributed by atoms with E-state index in [1.165, 1.54) is 14.8 Å². The number of hydrogen-bond acceptors (Lipinski definition) is 1. The van der Waals surface area contributed by atoms with Gasteiger partial charge in [0.05, 0.1) is 11.0 Å². The predicted octanol–water partition coefficient (Wildman–Crippen LogP) is 12.5. The fourth-order valence-corrected chi connectivity index (χ4v) is 7.51. The lowest BCUT2D eigenvalue weighted by molar-refractivity contribution is 1.64. The second-order valence-electron chi connectivity index (χ2n) is 10.7. The zero-order valence-electron chi connectivity index (χ0n) is 30.8. The minimum absolute atomic E-state index is 0.209. The van der Waals surface area contributed by atoms with E-state index in [0.29, 0.717) is 22.3 Å². The van der Waals surface area contributed by atoms with Gasteiger partial charge in [0, 0.05) is 20.2 Å². The lowest BCUT2D eigenvalue weighted by atomic mass is 9.85. The van der Waals surface area contributed by atoms with Crippen LogP contribution in [0.25, 0.3) is 85.9 Å². The summed E-state index contributed by atoms with van der Waals surface area (Å²) in [6.07, 6.45) is 0. The Morgan fingerprint density at radius 1 is 0.419 bits per heavy atom. The zero-order valence-corrected chi connectivity index (χ0v) is 23.6. The molecular weight excluding hydrogens is 537 g/mol. The maximum Gasteiger partial charge on any atom is 0.0629 e. The molecule has 9 rings (SSSR count). The van der Waals surface area contributed by atoms with Crippen molar-refractivity contribution >= 4 is 63.8 Å². The van der Waals surface area contributed by atoms with Crippen LogP contribution in [0.5, 0.6) is 0 Å². The SMILES string of the molecule is [2H]c1c([2H])c([2H])c2c(-c3ccc4ccccc4c3)c3c([2H])c([2H])c([2H])c([2H])c3c(-c3ccc(-c4cccc5sc6ccccc6c45)cc3)c2c1[2H]. The molecule has 9 aromatic rings. The highest BCUT2D eigenvalue weighted by atomic mass is 32.1. The molecule has 0 aliphatic rings. The third-order valence-electron chi connectivity index (χ3n) is 8.30. The van der Waals surface area contributed by atoms with Gasteiger partial charge in [-0.25, -0.2) is 0 Å². The van der Waals surface area contributed by atoms with Gasteiger partial charge < -0.3 is 0 Å². The van der Waals surface area contributed by atoms with Crippen molar-refractivity contribution in [3.63, 3.8) is 0 Å². The molecule has 0 radical (unpaired) electrons. The van der Waals surface area contributed by atoms with Crippen molar-refractivity contribution in [1.82, 2.24) is 0 Å². The van der Waals surface area contributed by atoms with Gasteiger partial charge in [0.1, 0.15) is 0 Å². The number of fused-ring (bicyclic) bond motifs is 6. The van der Waals surface area contributed by atoms with Gasteiger partial charge in [0.25, 0.3) is 0 Å². The Labute approximate surface area is 265 Å². The van der Waals surface area contributed by atoms with Gasteiger partial charge in [-0.15, -0.1) is 11.3 Å². The molecule has 0 amide bonds.